The number of carboxylic acid groups (broad SMARTS) is 1. The van der Waals surface area contributed by atoms with Crippen molar-refractivity contribution in [1.82, 2.24) is 0 Å². The number of amides is 1. The molecule has 142 valence electrons. The molecular weight excluding hydrogens is 350 g/mol. The van der Waals surface area contributed by atoms with Crippen molar-refractivity contribution in [2.75, 3.05) is 18.5 Å². The fraction of sp³-hybridized carbons (Fsp3) is 0.300. The summed E-state index contributed by atoms with van der Waals surface area (Å²) in [5.74, 6) is 0.331. The minimum absolute atomic E-state index is 0.0701. The van der Waals surface area contributed by atoms with E-state index in [4.69, 9.17) is 14.2 Å². The number of benzene rings is 2. The van der Waals surface area contributed by atoms with E-state index >= 15 is 0 Å². The normalized spacial score (nSPS) is 12.6. The average molecular weight is 371 g/mol. The molecule has 0 fully saturated rings. The highest BCUT2D eigenvalue weighted by molar-refractivity contribution is 5.96. The van der Waals surface area contributed by atoms with Crippen LogP contribution in [0.4, 0.5) is 5.69 Å². The second kappa shape index (κ2) is 7.99. The summed E-state index contributed by atoms with van der Waals surface area (Å²) in [6.07, 6.45) is -0.0103. The lowest BCUT2D eigenvalue weighted by atomic mass is 10.1. The van der Waals surface area contributed by atoms with Crippen LogP contribution < -0.4 is 19.5 Å². The molecule has 0 aromatic heterocycles. The van der Waals surface area contributed by atoms with Crippen molar-refractivity contribution in [1.29, 1.82) is 0 Å². The van der Waals surface area contributed by atoms with E-state index in [0.29, 0.717) is 36.1 Å². The van der Waals surface area contributed by atoms with Gasteiger partial charge in [-0.1, -0.05) is 6.07 Å². The summed E-state index contributed by atoms with van der Waals surface area (Å²) >= 11 is 0. The average Bonchev–Trinajstić information content (AvgIpc) is 2.62. The van der Waals surface area contributed by atoms with Gasteiger partial charge < -0.3 is 24.6 Å². The van der Waals surface area contributed by atoms with Gasteiger partial charge in [0.05, 0.1) is 23.8 Å². The number of aromatic carboxylic acids is 1. The third-order valence-corrected chi connectivity index (χ3v) is 3.83. The number of carboxylic acids is 1. The van der Waals surface area contributed by atoms with E-state index in [1.807, 2.05) is 13.8 Å². The van der Waals surface area contributed by atoms with E-state index in [1.165, 1.54) is 12.1 Å². The van der Waals surface area contributed by atoms with Crippen LogP contribution in [0.3, 0.4) is 0 Å². The number of hydrogen-bond donors (Lipinski definition) is 2. The molecule has 2 aromatic carbocycles. The van der Waals surface area contributed by atoms with E-state index in [0.717, 1.165) is 5.56 Å². The first-order valence-corrected chi connectivity index (χ1v) is 8.65. The maximum Gasteiger partial charge on any atom is 0.335 e. The lowest BCUT2D eigenvalue weighted by molar-refractivity contribution is -0.115. The Morgan fingerprint density at radius 2 is 1.85 bits per heavy atom. The zero-order valence-electron chi connectivity index (χ0n) is 15.2. The smallest absolute Gasteiger partial charge is 0.335 e. The molecule has 7 heteroatoms. The molecule has 0 atom stereocenters. The van der Waals surface area contributed by atoms with E-state index in [2.05, 4.69) is 5.32 Å². The molecule has 0 bridgehead atoms. The van der Waals surface area contributed by atoms with Crippen molar-refractivity contribution in [3.63, 3.8) is 0 Å². The summed E-state index contributed by atoms with van der Waals surface area (Å²) in [5, 5.41) is 11.9. The standard InChI is InChI=1S/C20H21NO6/c1-12(2)27-16-6-4-14(20(23)24)11-15(16)21-19(22)10-13-3-5-17-18(9-13)26-8-7-25-17/h3-6,9,11-12H,7-8,10H2,1-2H3,(H,21,22)(H,23,24). The van der Waals surface area contributed by atoms with Gasteiger partial charge in [-0.3, -0.25) is 4.79 Å². The fourth-order valence-electron chi connectivity index (χ4n) is 2.69. The third kappa shape index (κ3) is 4.69. The summed E-state index contributed by atoms with van der Waals surface area (Å²) in [7, 11) is 0. The molecule has 0 radical (unpaired) electrons. The fourth-order valence-corrected chi connectivity index (χ4v) is 2.69. The van der Waals surface area contributed by atoms with Crippen LogP contribution in [-0.4, -0.2) is 36.3 Å². The summed E-state index contributed by atoms with van der Waals surface area (Å²) in [6.45, 7) is 4.68. The molecule has 0 unspecified atom stereocenters. The van der Waals surface area contributed by atoms with Crippen molar-refractivity contribution in [3.05, 3.63) is 47.5 Å². The van der Waals surface area contributed by atoms with Gasteiger partial charge in [-0.25, -0.2) is 4.79 Å². The summed E-state index contributed by atoms with van der Waals surface area (Å²) in [4.78, 5) is 23.7. The summed E-state index contributed by atoms with van der Waals surface area (Å²) in [5.41, 5.74) is 1.16. The molecule has 1 amide bonds. The van der Waals surface area contributed by atoms with Crippen LogP contribution in [-0.2, 0) is 11.2 Å². The maximum absolute atomic E-state index is 12.5. The maximum atomic E-state index is 12.5. The molecule has 2 aromatic rings. The number of hydrogen-bond acceptors (Lipinski definition) is 5. The van der Waals surface area contributed by atoms with Gasteiger partial charge in [0.1, 0.15) is 19.0 Å². The molecular formula is C20H21NO6. The van der Waals surface area contributed by atoms with Crippen molar-refractivity contribution < 1.29 is 28.9 Å². The molecule has 0 aliphatic carbocycles. The Bertz CT molecular complexity index is 862. The van der Waals surface area contributed by atoms with Crippen LogP contribution in [0.2, 0.25) is 0 Å². The topological polar surface area (TPSA) is 94.1 Å². The molecule has 1 aliphatic rings. The zero-order valence-corrected chi connectivity index (χ0v) is 15.2. The van der Waals surface area contributed by atoms with Crippen LogP contribution in [0.25, 0.3) is 0 Å². The van der Waals surface area contributed by atoms with Gasteiger partial charge in [-0.2, -0.15) is 0 Å². The van der Waals surface area contributed by atoms with Crippen LogP contribution >= 0.6 is 0 Å². The predicted octanol–water partition coefficient (Wildman–Crippen LogP) is 3.12. The Morgan fingerprint density at radius 1 is 1.11 bits per heavy atom. The number of carbonyl (C=O) groups excluding carboxylic acids is 1. The van der Waals surface area contributed by atoms with Crippen molar-refractivity contribution in [2.45, 2.75) is 26.4 Å². The number of nitrogens with one attached hydrogen (secondary N) is 1. The Balaban J connectivity index is 1.76. The van der Waals surface area contributed by atoms with Gasteiger partial charge in [0.15, 0.2) is 11.5 Å². The molecule has 1 aliphatic heterocycles. The van der Waals surface area contributed by atoms with Crippen LogP contribution in [0.5, 0.6) is 17.2 Å². The number of rotatable bonds is 6. The van der Waals surface area contributed by atoms with Crippen molar-refractivity contribution in [3.8, 4) is 17.2 Å². The Kier molecular flexibility index (Phi) is 5.49. The van der Waals surface area contributed by atoms with Crippen LogP contribution in [0.1, 0.15) is 29.8 Å². The molecule has 0 spiro atoms. The molecule has 1 heterocycles. The highest BCUT2D eigenvalue weighted by Crippen LogP contribution is 2.31. The van der Waals surface area contributed by atoms with Gasteiger partial charge in [-0.05, 0) is 49.7 Å². The third-order valence-electron chi connectivity index (χ3n) is 3.83. The lowest BCUT2D eigenvalue weighted by Gasteiger charge is -2.19. The number of carbonyl (C=O) groups is 2. The van der Waals surface area contributed by atoms with Crippen molar-refractivity contribution in [2.24, 2.45) is 0 Å². The quantitative estimate of drug-likeness (QED) is 0.810. The summed E-state index contributed by atoms with van der Waals surface area (Å²) in [6, 6.07) is 9.72. The largest absolute Gasteiger partial charge is 0.489 e. The number of ether oxygens (including phenoxy) is 3. The van der Waals surface area contributed by atoms with Gasteiger partial charge in [0.2, 0.25) is 5.91 Å². The molecule has 3 rings (SSSR count). The lowest BCUT2D eigenvalue weighted by Crippen LogP contribution is -2.18. The number of anilines is 1. The molecule has 27 heavy (non-hydrogen) atoms. The summed E-state index contributed by atoms with van der Waals surface area (Å²) < 4.78 is 16.7. The van der Waals surface area contributed by atoms with Gasteiger partial charge in [0, 0.05) is 0 Å². The molecule has 0 saturated carbocycles. The van der Waals surface area contributed by atoms with Crippen LogP contribution in [0, 0.1) is 0 Å². The first-order valence-electron chi connectivity index (χ1n) is 8.65. The minimum atomic E-state index is -1.08. The molecule has 7 nitrogen and oxygen atoms in total. The Morgan fingerprint density at radius 3 is 2.56 bits per heavy atom. The SMILES string of the molecule is CC(C)Oc1ccc(C(=O)O)cc1NC(=O)Cc1ccc2c(c1)OCCO2. The zero-order chi connectivity index (χ0) is 19.4. The minimum Gasteiger partial charge on any atom is -0.489 e. The second-order valence-electron chi connectivity index (χ2n) is 6.39. The van der Waals surface area contributed by atoms with Gasteiger partial charge >= 0.3 is 5.97 Å². The Labute approximate surface area is 156 Å². The highest BCUT2D eigenvalue weighted by atomic mass is 16.6. The van der Waals surface area contributed by atoms with Crippen molar-refractivity contribution >= 4 is 17.6 Å². The van der Waals surface area contributed by atoms with E-state index < -0.39 is 5.97 Å². The van der Waals surface area contributed by atoms with E-state index in [-0.39, 0.29) is 24.0 Å². The van der Waals surface area contributed by atoms with Crippen LogP contribution in [0.15, 0.2) is 36.4 Å². The molecule has 0 saturated heterocycles. The monoisotopic (exact) mass is 371 g/mol. The second-order valence-corrected chi connectivity index (χ2v) is 6.39. The van der Waals surface area contributed by atoms with E-state index in [1.54, 1.807) is 24.3 Å². The Hall–Kier alpha value is -3.22. The number of fused-ring (bicyclic) bond motifs is 1. The first-order chi connectivity index (χ1) is 12.9. The van der Waals surface area contributed by atoms with Gasteiger partial charge in [-0.15, -0.1) is 0 Å². The highest BCUT2D eigenvalue weighted by Gasteiger charge is 2.16. The molecule has 2 N–H and O–H groups in total. The predicted molar refractivity (Wildman–Crippen MR) is 98.9 cm³/mol. The first kappa shape index (κ1) is 18.6. The van der Waals surface area contributed by atoms with Gasteiger partial charge in [0.25, 0.3) is 0 Å². The van der Waals surface area contributed by atoms with E-state index in [9.17, 15) is 14.7 Å².